The lowest BCUT2D eigenvalue weighted by Crippen LogP contribution is -2.40. The number of nitrogens with zero attached hydrogens (tertiary/aromatic N) is 1. The Kier molecular flexibility index (Phi) is 3.50. The summed E-state index contributed by atoms with van der Waals surface area (Å²) in [5.74, 6) is 0.836. The van der Waals surface area contributed by atoms with E-state index in [1.54, 1.807) is 6.07 Å². The second-order valence-corrected chi connectivity index (χ2v) is 4.30. The number of anilines is 1. The number of rotatable bonds is 3. The molecule has 1 heterocycles. The minimum atomic E-state index is 0.169. The molecule has 0 aliphatic carbocycles. The van der Waals surface area contributed by atoms with Crippen LogP contribution in [0.15, 0.2) is 18.2 Å². The molecule has 2 rings (SSSR count). The normalized spacial score (nSPS) is 21.9. The van der Waals surface area contributed by atoms with Crippen molar-refractivity contribution in [3.63, 3.8) is 0 Å². The lowest BCUT2D eigenvalue weighted by molar-refractivity contribution is 0.165. The van der Waals surface area contributed by atoms with Gasteiger partial charge in [-0.2, -0.15) is 5.26 Å². The topological polar surface area (TPSA) is 57.1 Å². The lowest BCUT2D eigenvalue weighted by atomic mass is 10.1. The number of hydrogen-bond donors (Lipinski definition) is 2. The van der Waals surface area contributed by atoms with E-state index in [2.05, 4.69) is 23.6 Å². The van der Waals surface area contributed by atoms with Crippen LogP contribution in [0.3, 0.4) is 0 Å². The van der Waals surface area contributed by atoms with Crippen LogP contribution >= 0.6 is 0 Å². The van der Waals surface area contributed by atoms with E-state index in [9.17, 15) is 0 Å². The van der Waals surface area contributed by atoms with E-state index in [0.29, 0.717) is 5.56 Å². The maximum atomic E-state index is 8.85. The summed E-state index contributed by atoms with van der Waals surface area (Å²) in [5.41, 5.74) is 1.57. The van der Waals surface area contributed by atoms with E-state index in [4.69, 9.17) is 10.00 Å². The van der Waals surface area contributed by atoms with Crippen LogP contribution in [0.25, 0.3) is 0 Å². The molecule has 17 heavy (non-hydrogen) atoms. The van der Waals surface area contributed by atoms with Crippen molar-refractivity contribution < 1.29 is 4.74 Å². The maximum absolute atomic E-state index is 8.85. The van der Waals surface area contributed by atoms with Crippen molar-refractivity contribution in [2.75, 3.05) is 18.9 Å². The van der Waals surface area contributed by atoms with Crippen LogP contribution in [0.4, 0.5) is 5.69 Å². The average Bonchev–Trinajstić information content (AvgIpc) is 2.35. The van der Waals surface area contributed by atoms with Crippen molar-refractivity contribution in [3.8, 4) is 11.8 Å². The summed E-state index contributed by atoms with van der Waals surface area (Å²) in [6, 6.07) is 7.86. The fraction of sp³-hybridized carbons (Fsp3) is 0.462. The monoisotopic (exact) mass is 231 g/mol. The van der Waals surface area contributed by atoms with Gasteiger partial charge in [-0.3, -0.25) is 0 Å². The molecule has 0 aromatic heterocycles. The lowest BCUT2D eigenvalue weighted by Gasteiger charge is -2.33. The Morgan fingerprint density at radius 3 is 3.06 bits per heavy atom. The molecule has 1 aromatic rings. The molecule has 4 heteroatoms. The van der Waals surface area contributed by atoms with Gasteiger partial charge in [-0.15, -0.1) is 0 Å². The zero-order chi connectivity index (χ0) is 12.3. The Balaban J connectivity index is 2.15. The molecule has 4 nitrogen and oxygen atoms in total. The summed E-state index contributed by atoms with van der Waals surface area (Å²) in [5, 5.41) is 15.4. The average molecular weight is 231 g/mol. The van der Waals surface area contributed by atoms with Crippen molar-refractivity contribution >= 4 is 5.69 Å². The van der Waals surface area contributed by atoms with Gasteiger partial charge < -0.3 is 15.4 Å². The molecule has 1 aliphatic rings. The molecule has 0 amide bonds. The molecule has 2 unspecified atom stereocenters. The molecule has 90 valence electrons. The number of nitriles is 1. The smallest absolute Gasteiger partial charge is 0.143 e. The summed E-state index contributed by atoms with van der Waals surface area (Å²) < 4.78 is 5.93. The number of nitrogens with one attached hydrogen (secondary N) is 2. The van der Waals surface area contributed by atoms with E-state index in [-0.39, 0.29) is 12.1 Å². The highest BCUT2D eigenvalue weighted by Gasteiger charge is 2.25. The number of benzene rings is 1. The molecule has 1 aromatic carbocycles. The first-order valence-electron chi connectivity index (χ1n) is 5.86. The zero-order valence-electron chi connectivity index (χ0n) is 10.2. The van der Waals surface area contributed by atoms with Crippen molar-refractivity contribution in [2.45, 2.75) is 25.5 Å². The van der Waals surface area contributed by atoms with Crippen LogP contribution in [0, 0.1) is 11.3 Å². The minimum Gasteiger partial charge on any atom is -0.486 e. The van der Waals surface area contributed by atoms with Crippen molar-refractivity contribution in [3.05, 3.63) is 23.8 Å². The van der Waals surface area contributed by atoms with E-state index >= 15 is 0 Å². The van der Waals surface area contributed by atoms with E-state index in [0.717, 1.165) is 24.4 Å². The van der Waals surface area contributed by atoms with Crippen molar-refractivity contribution in [1.29, 1.82) is 5.26 Å². The molecular formula is C13H17N3O. The van der Waals surface area contributed by atoms with E-state index < -0.39 is 0 Å². The van der Waals surface area contributed by atoms with Crippen LogP contribution in [0.2, 0.25) is 0 Å². The van der Waals surface area contributed by atoms with Crippen molar-refractivity contribution in [1.82, 2.24) is 5.32 Å². The molecule has 0 saturated heterocycles. The van der Waals surface area contributed by atoms with Crippen molar-refractivity contribution in [2.24, 2.45) is 0 Å². The van der Waals surface area contributed by atoms with Gasteiger partial charge in [0.1, 0.15) is 11.9 Å². The number of ether oxygens (including phenoxy) is 1. The Hall–Kier alpha value is -1.73. The van der Waals surface area contributed by atoms with Gasteiger partial charge in [-0.05, 0) is 45.1 Å². The highest BCUT2D eigenvalue weighted by molar-refractivity contribution is 5.62. The quantitative estimate of drug-likeness (QED) is 0.831. The Morgan fingerprint density at radius 1 is 1.53 bits per heavy atom. The molecule has 0 fully saturated rings. The Labute approximate surface area is 102 Å². The first-order valence-corrected chi connectivity index (χ1v) is 5.86. The van der Waals surface area contributed by atoms with E-state index in [1.165, 1.54) is 0 Å². The SMILES string of the molecule is CNCCC1Oc2ccc(C#N)cc2NC1C. The molecule has 2 N–H and O–H groups in total. The summed E-state index contributed by atoms with van der Waals surface area (Å²) in [6.07, 6.45) is 1.13. The molecule has 0 radical (unpaired) electrons. The first-order chi connectivity index (χ1) is 8.24. The van der Waals surface area contributed by atoms with Crippen LogP contribution in [-0.2, 0) is 0 Å². The van der Waals surface area contributed by atoms with Gasteiger partial charge in [0.15, 0.2) is 0 Å². The largest absolute Gasteiger partial charge is 0.486 e. The highest BCUT2D eigenvalue weighted by atomic mass is 16.5. The molecule has 1 aliphatic heterocycles. The predicted molar refractivity (Wildman–Crippen MR) is 67.2 cm³/mol. The van der Waals surface area contributed by atoms with Crippen LogP contribution in [0.5, 0.6) is 5.75 Å². The molecular weight excluding hydrogens is 214 g/mol. The van der Waals surface area contributed by atoms with Crippen LogP contribution in [-0.4, -0.2) is 25.7 Å². The van der Waals surface area contributed by atoms with Gasteiger partial charge in [-0.25, -0.2) is 0 Å². The standard InChI is InChI=1S/C13H17N3O/c1-9-12(5-6-15-2)17-13-4-3-10(8-14)7-11(13)16-9/h3-4,7,9,12,15-16H,5-6H2,1-2H3. The van der Waals surface area contributed by atoms with Gasteiger partial charge in [0, 0.05) is 0 Å². The minimum absolute atomic E-state index is 0.169. The van der Waals surface area contributed by atoms with Crippen LogP contribution in [0.1, 0.15) is 18.9 Å². The third-order valence-electron chi connectivity index (χ3n) is 3.01. The van der Waals surface area contributed by atoms with E-state index in [1.807, 2.05) is 19.2 Å². The van der Waals surface area contributed by atoms with Gasteiger partial charge in [0.2, 0.25) is 0 Å². The first kappa shape index (κ1) is 11.7. The molecule has 0 bridgehead atoms. The summed E-state index contributed by atoms with van der Waals surface area (Å²) in [4.78, 5) is 0. The fourth-order valence-corrected chi connectivity index (χ4v) is 2.01. The van der Waals surface area contributed by atoms with Gasteiger partial charge in [0.25, 0.3) is 0 Å². The van der Waals surface area contributed by atoms with Crippen LogP contribution < -0.4 is 15.4 Å². The second-order valence-electron chi connectivity index (χ2n) is 4.30. The molecule has 0 spiro atoms. The Bertz CT molecular complexity index is 439. The van der Waals surface area contributed by atoms with Gasteiger partial charge in [-0.1, -0.05) is 0 Å². The fourth-order valence-electron chi connectivity index (χ4n) is 2.01. The summed E-state index contributed by atoms with van der Waals surface area (Å²) in [6.45, 7) is 3.03. The zero-order valence-corrected chi connectivity index (χ0v) is 10.2. The van der Waals surface area contributed by atoms with Gasteiger partial charge in [0.05, 0.1) is 23.4 Å². The summed E-state index contributed by atoms with van der Waals surface area (Å²) >= 11 is 0. The highest BCUT2D eigenvalue weighted by Crippen LogP contribution is 2.32. The second kappa shape index (κ2) is 5.07. The summed E-state index contributed by atoms with van der Waals surface area (Å²) in [7, 11) is 1.94. The Morgan fingerprint density at radius 2 is 2.35 bits per heavy atom. The number of fused-ring (bicyclic) bond motifs is 1. The predicted octanol–water partition coefficient (Wildman–Crippen LogP) is 1.73. The number of hydrogen-bond acceptors (Lipinski definition) is 4. The third-order valence-corrected chi connectivity index (χ3v) is 3.01. The third kappa shape index (κ3) is 2.51. The molecule has 2 atom stereocenters. The molecule has 0 saturated carbocycles. The van der Waals surface area contributed by atoms with Gasteiger partial charge >= 0.3 is 0 Å². The maximum Gasteiger partial charge on any atom is 0.143 e.